The molecule has 96 valence electrons. The summed E-state index contributed by atoms with van der Waals surface area (Å²) in [6, 6.07) is 12.2. The van der Waals surface area contributed by atoms with Crippen molar-refractivity contribution in [1.29, 1.82) is 0 Å². The Morgan fingerprint density at radius 1 is 1.21 bits per heavy atom. The number of rotatable bonds is 3. The lowest BCUT2D eigenvalue weighted by atomic mass is 10.2. The molecule has 5 heteroatoms. The Bertz CT molecular complexity index is 660. The Balaban J connectivity index is 2.03. The fourth-order valence-corrected chi connectivity index (χ4v) is 1.50. The van der Waals surface area contributed by atoms with Gasteiger partial charge in [-0.05, 0) is 11.6 Å². The summed E-state index contributed by atoms with van der Waals surface area (Å²) in [6.45, 7) is 0. The molecule has 1 N–H and O–H groups in total. The highest BCUT2D eigenvalue weighted by Gasteiger charge is 2.04. The maximum absolute atomic E-state index is 11.8. The number of carbonyl (C=O) groups is 1. The second-order valence-electron chi connectivity index (χ2n) is 3.98. The van der Waals surface area contributed by atoms with E-state index < -0.39 is 0 Å². The van der Waals surface area contributed by atoms with Crippen LogP contribution in [0.4, 0.5) is 0 Å². The number of nitrogens with one attached hydrogen (secondary N) is 1. The van der Waals surface area contributed by atoms with E-state index in [9.17, 15) is 9.59 Å². The van der Waals surface area contributed by atoms with Gasteiger partial charge in [0, 0.05) is 19.3 Å². The largest absolute Gasteiger partial charge is 0.318 e. The summed E-state index contributed by atoms with van der Waals surface area (Å²) in [7, 11) is 1.59. The van der Waals surface area contributed by atoms with Crippen LogP contribution in [0.5, 0.6) is 0 Å². The Morgan fingerprint density at radius 3 is 2.63 bits per heavy atom. The zero-order chi connectivity index (χ0) is 13.7. The molecular formula is C14H13N3O2. The fourth-order valence-electron chi connectivity index (χ4n) is 1.50. The number of aromatic nitrogens is 1. The average molecular weight is 255 g/mol. The highest BCUT2D eigenvalue weighted by molar-refractivity contribution is 5.94. The van der Waals surface area contributed by atoms with E-state index in [2.05, 4.69) is 10.5 Å². The van der Waals surface area contributed by atoms with Gasteiger partial charge in [-0.3, -0.25) is 9.59 Å². The minimum Gasteiger partial charge on any atom is -0.318 e. The lowest BCUT2D eigenvalue weighted by molar-refractivity contribution is 0.0954. The number of hydrazone groups is 1. The van der Waals surface area contributed by atoms with Gasteiger partial charge in [-0.2, -0.15) is 5.10 Å². The summed E-state index contributed by atoms with van der Waals surface area (Å²) in [6.07, 6.45) is 3.02. The van der Waals surface area contributed by atoms with Crippen molar-refractivity contribution in [2.75, 3.05) is 0 Å². The lowest BCUT2D eigenvalue weighted by Crippen LogP contribution is -2.22. The predicted molar refractivity (Wildman–Crippen MR) is 73.2 cm³/mol. The quantitative estimate of drug-likeness (QED) is 0.660. The zero-order valence-electron chi connectivity index (χ0n) is 10.4. The van der Waals surface area contributed by atoms with Crippen molar-refractivity contribution in [2.24, 2.45) is 12.1 Å². The summed E-state index contributed by atoms with van der Waals surface area (Å²) >= 11 is 0. The Labute approximate surface area is 110 Å². The number of hydrogen-bond acceptors (Lipinski definition) is 3. The molecule has 0 atom stereocenters. The van der Waals surface area contributed by atoms with E-state index >= 15 is 0 Å². The smallest absolute Gasteiger partial charge is 0.272 e. The lowest BCUT2D eigenvalue weighted by Gasteiger charge is -2.01. The summed E-state index contributed by atoms with van der Waals surface area (Å²) in [4.78, 5) is 23.0. The third-order valence-corrected chi connectivity index (χ3v) is 2.53. The number of amides is 1. The molecule has 0 spiro atoms. The van der Waals surface area contributed by atoms with Crippen molar-refractivity contribution >= 4 is 12.1 Å². The minimum atomic E-state index is -0.359. The van der Waals surface area contributed by atoms with Crippen LogP contribution in [0, 0.1) is 0 Å². The summed E-state index contributed by atoms with van der Waals surface area (Å²) in [5.41, 5.74) is 3.52. The van der Waals surface area contributed by atoms with Crippen molar-refractivity contribution in [3.8, 4) is 0 Å². The number of aryl methyl sites for hydroxylation is 1. The number of hydrogen-bond donors (Lipinski definition) is 1. The molecule has 0 fully saturated rings. The summed E-state index contributed by atoms with van der Waals surface area (Å²) in [5, 5.41) is 3.86. The van der Waals surface area contributed by atoms with Gasteiger partial charge < -0.3 is 4.57 Å². The van der Waals surface area contributed by atoms with Gasteiger partial charge in [0.05, 0.1) is 11.8 Å². The summed E-state index contributed by atoms with van der Waals surface area (Å²) < 4.78 is 1.34. The maximum Gasteiger partial charge on any atom is 0.272 e. The third kappa shape index (κ3) is 3.38. The van der Waals surface area contributed by atoms with E-state index in [1.165, 1.54) is 22.9 Å². The van der Waals surface area contributed by atoms with Gasteiger partial charge in [0.2, 0.25) is 5.56 Å². The van der Waals surface area contributed by atoms with E-state index in [0.29, 0.717) is 5.56 Å². The molecule has 1 amide bonds. The van der Waals surface area contributed by atoms with Crippen molar-refractivity contribution in [1.82, 2.24) is 9.99 Å². The topological polar surface area (TPSA) is 63.5 Å². The number of pyridine rings is 1. The number of benzene rings is 1. The van der Waals surface area contributed by atoms with E-state index in [-0.39, 0.29) is 11.5 Å². The zero-order valence-corrected chi connectivity index (χ0v) is 10.4. The van der Waals surface area contributed by atoms with Crippen molar-refractivity contribution in [3.63, 3.8) is 0 Å². The van der Waals surface area contributed by atoms with E-state index in [1.54, 1.807) is 13.3 Å². The molecule has 1 aromatic carbocycles. The molecule has 1 heterocycles. The van der Waals surface area contributed by atoms with Gasteiger partial charge in [0.15, 0.2) is 0 Å². The summed E-state index contributed by atoms with van der Waals surface area (Å²) in [5.74, 6) is -0.359. The van der Waals surface area contributed by atoms with Crippen molar-refractivity contribution < 1.29 is 4.79 Å². The van der Waals surface area contributed by atoms with Crippen LogP contribution in [0.2, 0.25) is 0 Å². The Hall–Kier alpha value is -2.69. The third-order valence-electron chi connectivity index (χ3n) is 2.53. The van der Waals surface area contributed by atoms with Gasteiger partial charge >= 0.3 is 0 Å². The van der Waals surface area contributed by atoms with Crippen LogP contribution in [-0.2, 0) is 7.05 Å². The van der Waals surface area contributed by atoms with E-state index in [4.69, 9.17) is 0 Å². The Morgan fingerprint density at radius 2 is 1.95 bits per heavy atom. The molecule has 0 saturated carbocycles. The second-order valence-corrected chi connectivity index (χ2v) is 3.98. The molecule has 0 saturated heterocycles. The van der Waals surface area contributed by atoms with Crippen LogP contribution in [0.1, 0.15) is 15.9 Å². The predicted octanol–water partition coefficient (Wildman–Crippen LogP) is 1.15. The molecule has 1 aromatic heterocycles. The maximum atomic E-state index is 11.8. The first-order chi connectivity index (χ1) is 9.16. The van der Waals surface area contributed by atoms with E-state index in [1.807, 2.05) is 30.3 Å². The van der Waals surface area contributed by atoms with Crippen LogP contribution in [0.15, 0.2) is 58.6 Å². The second kappa shape index (κ2) is 5.77. The molecular weight excluding hydrogens is 242 g/mol. The molecule has 0 bridgehead atoms. The highest BCUT2D eigenvalue weighted by atomic mass is 16.2. The standard InChI is InChI=1S/C14H13N3O2/c1-17-10-12(7-8-13(17)18)14(19)16-15-9-11-5-3-2-4-6-11/h2-10H,1H3,(H,16,19)/b15-9+. The number of carbonyl (C=O) groups excluding carboxylic acids is 1. The van der Waals surface area contributed by atoms with Crippen LogP contribution in [0.25, 0.3) is 0 Å². The van der Waals surface area contributed by atoms with E-state index in [0.717, 1.165) is 5.56 Å². The SMILES string of the molecule is Cn1cc(C(=O)N/N=C/c2ccccc2)ccc1=O. The van der Waals surface area contributed by atoms with Gasteiger partial charge in [-0.25, -0.2) is 5.43 Å². The normalized spacial score (nSPS) is 10.6. The average Bonchev–Trinajstić information content (AvgIpc) is 2.43. The molecule has 19 heavy (non-hydrogen) atoms. The fraction of sp³-hybridized carbons (Fsp3) is 0.0714. The molecule has 0 aliphatic heterocycles. The molecule has 0 radical (unpaired) electrons. The number of nitrogens with zero attached hydrogens (tertiary/aromatic N) is 2. The monoisotopic (exact) mass is 255 g/mol. The highest BCUT2D eigenvalue weighted by Crippen LogP contribution is 1.96. The minimum absolute atomic E-state index is 0.163. The van der Waals surface area contributed by atoms with Crippen LogP contribution in [0.3, 0.4) is 0 Å². The first kappa shape index (κ1) is 12.8. The van der Waals surface area contributed by atoms with Gasteiger partial charge in [0.25, 0.3) is 5.91 Å². The van der Waals surface area contributed by atoms with Crippen LogP contribution in [-0.4, -0.2) is 16.7 Å². The Kier molecular flexibility index (Phi) is 3.87. The molecule has 2 aromatic rings. The molecule has 5 nitrogen and oxygen atoms in total. The van der Waals surface area contributed by atoms with Crippen LogP contribution >= 0.6 is 0 Å². The molecule has 0 unspecified atom stereocenters. The van der Waals surface area contributed by atoms with Gasteiger partial charge in [-0.1, -0.05) is 30.3 Å². The van der Waals surface area contributed by atoms with Gasteiger partial charge in [0.1, 0.15) is 0 Å². The molecule has 2 rings (SSSR count). The van der Waals surface area contributed by atoms with Crippen molar-refractivity contribution in [2.45, 2.75) is 0 Å². The first-order valence-corrected chi connectivity index (χ1v) is 5.72. The van der Waals surface area contributed by atoms with Gasteiger partial charge in [-0.15, -0.1) is 0 Å². The van der Waals surface area contributed by atoms with Crippen LogP contribution < -0.4 is 11.0 Å². The van der Waals surface area contributed by atoms with Crippen molar-refractivity contribution in [3.05, 3.63) is 70.1 Å². The molecule has 0 aliphatic rings. The molecule has 0 aliphatic carbocycles. The first-order valence-electron chi connectivity index (χ1n) is 5.72.